The normalized spacial score (nSPS) is 2.40. The van der Waals surface area contributed by atoms with Crippen molar-refractivity contribution in [2.45, 2.75) is 0 Å². The molecule has 4 heteroatoms. The average Bonchev–Trinajstić information content (AvgIpc) is 2.01. The fourth-order valence-corrected chi connectivity index (χ4v) is 0. The van der Waals surface area contributed by atoms with Gasteiger partial charge in [-0.05, 0) is 0 Å². The maximum Gasteiger partial charge on any atom is 0 e. The molecule has 0 aliphatic heterocycles. The zero-order valence-electron chi connectivity index (χ0n) is 5.28. The molecule has 0 spiro atoms. The molecule has 0 aliphatic rings. The third kappa shape index (κ3) is 351. The number of carbonyl (C=O) groups excluding carboxylic acids is 3. The van der Waals surface area contributed by atoms with Crippen molar-refractivity contribution in [1.29, 1.82) is 0 Å². The van der Waals surface area contributed by atoms with Gasteiger partial charge in [-0.3, -0.25) is 20.4 Å². The molecule has 0 aromatic rings. The SMILES string of the molecule is C=C[CH2-].[CH-]=O.[CH-]=O.[CH-]=O.[Co]. The van der Waals surface area contributed by atoms with Crippen LogP contribution in [-0.2, 0) is 31.2 Å². The van der Waals surface area contributed by atoms with E-state index in [0.29, 0.717) is 0 Å². The summed E-state index contributed by atoms with van der Waals surface area (Å²) in [6.07, 6.45) is 1.50. The van der Waals surface area contributed by atoms with Crippen molar-refractivity contribution in [2.75, 3.05) is 0 Å². The molecule has 0 aromatic carbocycles. The molecule has 0 fully saturated rings. The molecular formula is C6H8CoO3-4. The van der Waals surface area contributed by atoms with Gasteiger partial charge in [-0.15, -0.1) is 0 Å². The molecule has 0 amide bonds. The fraction of sp³-hybridized carbons (Fsp3) is 0. The van der Waals surface area contributed by atoms with Crippen LogP contribution in [0, 0.1) is 6.92 Å². The van der Waals surface area contributed by atoms with Crippen molar-refractivity contribution in [2.24, 2.45) is 0 Å². The van der Waals surface area contributed by atoms with E-state index in [9.17, 15) is 0 Å². The van der Waals surface area contributed by atoms with E-state index >= 15 is 0 Å². The predicted octanol–water partition coefficient (Wildman–Crippen LogP) is 0.182. The van der Waals surface area contributed by atoms with E-state index in [1.165, 1.54) is 6.08 Å². The molecule has 0 N–H and O–H groups in total. The van der Waals surface area contributed by atoms with Gasteiger partial charge in [-0.2, -0.15) is 0 Å². The minimum absolute atomic E-state index is 0. The van der Waals surface area contributed by atoms with Gasteiger partial charge in [0.2, 0.25) is 0 Å². The smallest absolute Gasteiger partial charge is 0 e. The Bertz CT molecular complexity index is 37.2. The number of allylic oxidation sites excluding steroid dienone is 1. The molecule has 0 aliphatic carbocycles. The summed E-state index contributed by atoms with van der Waals surface area (Å²) in [5.41, 5.74) is 0. The van der Waals surface area contributed by atoms with Gasteiger partial charge in [-0.25, -0.2) is 19.6 Å². The fourth-order valence-electron chi connectivity index (χ4n) is 0. The molecule has 1 radical (unpaired) electrons. The number of hydrogen-bond donors (Lipinski definition) is 0. The van der Waals surface area contributed by atoms with Crippen molar-refractivity contribution in [3.05, 3.63) is 19.6 Å². The second-order valence-electron chi connectivity index (χ2n) is 0.289. The zero-order chi connectivity index (χ0) is 8.71. The summed E-state index contributed by atoms with van der Waals surface area (Å²) in [6.45, 7) is 16.2. The summed E-state index contributed by atoms with van der Waals surface area (Å²) in [4.78, 5) is 23.2. The molecule has 3 nitrogen and oxygen atoms in total. The zero-order valence-corrected chi connectivity index (χ0v) is 6.32. The molecule has 10 heavy (non-hydrogen) atoms. The summed E-state index contributed by atoms with van der Waals surface area (Å²) in [7, 11) is 0. The molecule has 0 aromatic heterocycles. The maximum atomic E-state index is 7.75. The standard InChI is InChI=1S/C3H5.3CHO.Co/c1-3-2;3*1-2;/h3H,1-2H2;3*1H;/q4*-1;. The van der Waals surface area contributed by atoms with Gasteiger partial charge in [0.15, 0.2) is 0 Å². The van der Waals surface area contributed by atoms with Crippen molar-refractivity contribution in [3.63, 3.8) is 0 Å². The van der Waals surface area contributed by atoms with E-state index in [1.807, 2.05) is 0 Å². The maximum absolute atomic E-state index is 7.75. The van der Waals surface area contributed by atoms with Crippen LogP contribution in [0.15, 0.2) is 12.7 Å². The van der Waals surface area contributed by atoms with Crippen LogP contribution >= 0.6 is 0 Å². The van der Waals surface area contributed by atoms with Crippen LogP contribution in [0.2, 0.25) is 0 Å². The van der Waals surface area contributed by atoms with E-state index in [-0.39, 0.29) is 16.8 Å². The van der Waals surface area contributed by atoms with Crippen LogP contribution in [-0.4, -0.2) is 20.4 Å². The first-order valence-corrected chi connectivity index (χ1v) is 1.52. The van der Waals surface area contributed by atoms with Crippen molar-refractivity contribution in [3.8, 4) is 0 Å². The molecule has 0 heterocycles. The molecule has 0 rings (SSSR count). The first-order valence-electron chi connectivity index (χ1n) is 1.52. The van der Waals surface area contributed by atoms with Crippen LogP contribution in [0.1, 0.15) is 0 Å². The summed E-state index contributed by atoms with van der Waals surface area (Å²) in [5.74, 6) is 0. The number of hydrogen-bond acceptors (Lipinski definition) is 3. The van der Waals surface area contributed by atoms with Crippen LogP contribution < -0.4 is 0 Å². The van der Waals surface area contributed by atoms with Gasteiger partial charge < -0.3 is 14.4 Å². The molecule has 0 saturated heterocycles. The van der Waals surface area contributed by atoms with Crippen molar-refractivity contribution >= 4 is 20.4 Å². The van der Waals surface area contributed by atoms with Gasteiger partial charge in [0.1, 0.15) is 0 Å². The third-order valence-corrected chi connectivity index (χ3v) is 0. The van der Waals surface area contributed by atoms with E-state index in [1.54, 1.807) is 0 Å². The molecule has 0 bridgehead atoms. The van der Waals surface area contributed by atoms with Crippen molar-refractivity contribution < 1.29 is 31.2 Å². The third-order valence-electron chi connectivity index (χ3n) is 0. The Balaban J connectivity index is -0.0000000110. The summed E-state index contributed by atoms with van der Waals surface area (Å²) < 4.78 is 0. The van der Waals surface area contributed by atoms with Gasteiger partial charge >= 0.3 is 0 Å². The Labute approximate surface area is 71.7 Å². The summed E-state index contributed by atoms with van der Waals surface area (Å²) in [5, 5.41) is 0. The van der Waals surface area contributed by atoms with E-state index in [0.717, 1.165) is 0 Å². The second-order valence-corrected chi connectivity index (χ2v) is 0.289. The van der Waals surface area contributed by atoms with E-state index < -0.39 is 0 Å². The van der Waals surface area contributed by atoms with Crippen LogP contribution in [0.25, 0.3) is 0 Å². The Hall–Kier alpha value is -0.874. The van der Waals surface area contributed by atoms with Gasteiger partial charge in [0, 0.05) is 16.8 Å². The Kier molecular flexibility index (Phi) is 91300. The minimum Gasteiger partial charge on any atom is -0.545 e. The first-order chi connectivity index (χ1) is 4.41. The Morgan fingerprint density at radius 2 is 1.00 bits per heavy atom. The van der Waals surface area contributed by atoms with Crippen LogP contribution in [0.4, 0.5) is 0 Å². The summed E-state index contributed by atoms with van der Waals surface area (Å²) in [6, 6.07) is 0. The van der Waals surface area contributed by atoms with E-state index in [4.69, 9.17) is 14.4 Å². The van der Waals surface area contributed by atoms with E-state index in [2.05, 4.69) is 33.9 Å². The first kappa shape index (κ1) is 35.4. The second kappa shape index (κ2) is 25800. The largest absolute Gasteiger partial charge is 0.545 e. The monoisotopic (exact) mass is 187 g/mol. The number of rotatable bonds is 0. The molecular weight excluding hydrogens is 179 g/mol. The van der Waals surface area contributed by atoms with Gasteiger partial charge in [0.25, 0.3) is 0 Å². The molecule has 0 unspecified atom stereocenters. The van der Waals surface area contributed by atoms with Crippen LogP contribution in [0.5, 0.6) is 0 Å². The van der Waals surface area contributed by atoms with Gasteiger partial charge in [-0.1, -0.05) is 0 Å². The minimum atomic E-state index is 0. The predicted molar refractivity (Wildman–Crippen MR) is 35.8 cm³/mol. The molecule has 0 saturated carbocycles. The molecule has 0 atom stereocenters. The quantitative estimate of drug-likeness (QED) is 0.401. The topological polar surface area (TPSA) is 51.2 Å². The average molecular weight is 187 g/mol. The van der Waals surface area contributed by atoms with Crippen LogP contribution in [0.3, 0.4) is 0 Å². The van der Waals surface area contributed by atoms with Gasteiger partial charge in [0.05, 0.1) is 0 Å². The Morgan fingerprint density at radius 1 is 1.00 bits per heavy atom. The molecule has 63 valence electrons. The Morgan fingerprint density at radius 3 is 1.00 bits per heavy atom. The van der Waals surface area contributed by atoms with Crippen molar-refractivity contribution in [1.82, 2.24) is 0 Å². The summed E-state index contributed by atoms with van der Waals surface area (Å²) >= 11 is 0.